The van der Waals surface area contributed by atoms with E-state index in [1.807, 2.05) is 13.8 Å². The minimum absolute atomic E-state index is 0.0485. The fourth-order valence-corrected chi connectivity index (χ4v) is 3.53. The van der Waals surface area contributed by atoms with Gasteiger partial charge in [0.1, 0.15) is 25.6 Å². The van der Waals surface area contributed by atoms with Gasteiger partial charge in [-0.05, 0) is 18.8 Å². The number of rotatable bonds is 4. The van der Waals surface area contributed by atoms with Crippen LogP contribution in [0.15, 0.2) is 6.20 Å². The molecule has 148 valence electrons. The Morgan fingerprint density at radius 3 is 2.70 bits per heavy atom. The maximum absolute atomic E-state index is 13.1. The molecule has 0 saturated carbocycles. The molecule has 0 bridgehead atoms. The van der Waals surface area contributed by atoms with Gasteiger partial charge in [0.05, 0.1) is 19.3 Å². The molecule has 2 N–H and O–H groups in total. The van der Waals surface area contributed by atoms with Crippen LogP contribution in [0.5, 0.6) is 0 Å². The number of alkyl carbamates (subject to hydrolysis) is 1. The smallest absolute Gasteiger partial charge is 0.407 e. The summed E-state index contributed by atoms with van der Waals surface area (Å²) >= 11 is 0. The van der Waals surface area contributed by atoms with Crippen molar-refractivity contribution in [2.24, 2.45) is 5.92 Å². The summed E-state index contributed by atoms with van der Waals surface area (Å²) in [4.78, 5) is 34.2. The number of carbonyl (C=O) groups excluding carboxylic acids is 2. The number of imidazole rings is 1. The molecule has 27 heavy (non-hydrogen) atoms. The van der Waals surface area contributed by atoms with E-state index < -0.39 is 20.2 Å². The Hall–Kier alpha value is -2.27. The Bertz CT molecular complexity index is 742. The van der Waals surface area contributed by atoms with Crippen LogP contribution < -0.4 is 5.32 Å². The second-order valence-electron chi connectivity index (χ2n) is 8.23. The Balaban J connectivity index is 2.18. The van der Waals surface area contributed by atoms with Gasteiger partial charge in [-0.1, -0.05) is 39.4 Å². The van der Waals surface area contributed by atoms with E-state index in [0.29, 0.717) is 6.54 Å². The second-order valence-corrected chi connectivity index (χ2v) is 13.0. The zero-order valence-corrected chi connectivity index (χ0v) is 18.0. The zero-order valence-electron chi connectivity index (χ0n) is 17.0. The molecule has 8 heteroatoms. The maximum atomic E-state index is 13.1. The molecule has 2 unspecified atom stereocenters. The molecular formula is C19H30N4O3Si. The highest BCUT2D eigenvalue weighted by Gasteiger charge is 2.37. The number of nitrogens with zero attached hydrogens (tertiary/aromatic N) is 2. The summed E-state index contributed by atoms with van der Waals surface area (Å²) in [6.45, 7) is 11.0. The van der Waals surface area contributed by atoms with Gasteiger partial charge in [-0.25, -0.2) is 9.78 Å². The molecule has 1 aromatic heterocycles. The molecule has 2 atom stereocenters. The van der Waals surface area contributed by atoms with Crippen molar-refractivity contribution in [3.8, 4) is 11.5 Å². The number of hydrogen-bond acceptors (Lipinski definition) is 4. The summed E-state index contributed by atoms with van der Waals surface area (Å²) in [6.07, 6.45) is 2.87. The van der Waals surface area contributed by atoms with Crippen LogP contribution in [0.25, 0.3) is 0 Å². The number of methoxy groups -OCH3 is 1. The lowest BCUT2D eigenvalue weighted by Crippen LogP contribution is -2.51. The van der Waals surface area contributed by atoms with Gasteiger partial charge in [0.25, 0.3) is 0 Å². The first-order valence-electron chi connectivity index (χ1n) is 9.35. The quantitative estimate of drug-likeness (QED) is 0.611. The van der Waals surface area contributed by atoms with Crippen LogP contribution in [0, 0.1) is 17.4 Å². The SMILES string of the molecule is COC(=O)NC(C(=O)N1CCCC1c1ncc(C#C[Si](C)(C)C)[nH]1)C(C)C. The van der Waals surface area contributed by atoms with Gasteiger partial charge in [0, 0.05) is 6.54 Å². The molecule has 1 saturated heterocycles. The zero-order chi connectivity index (χ0) is 20.2. The Morgan fingerprint density at radius 2 is 2.11 bits per heavy atom. The van der Waals surface area contributed by atoms with Gasteiger partial charge < -0.3 is 19.9 Å². The van der Waals surface area contributed by atoms with Crippen molar-refractivity contribution in [2.45, 2.75) is 58.4 Å². The van der Waals surface area contributed by atoms with Crippen molar-refractivity contribution in [1.82, 2.24) is 20.2 Å². The van der Waals surface area contributed by atoms with E-state index >= 15 is 0 Å². The average Bonchev–Trinajstić information content (AvgIpc) is 3.24. The lowest BCUT2D eigenvalue weighted by molar-refractivity contribution is -0.135. The van der Waals surface area contributed by atoms with Crippen LogP contribution >= 0.6 is 0 Å². The minimum Gasteiger partial charge on any atom is -0.453 e. The molecule has 7 nitrogen and oxygen atoms in total. The highest BCUT2D eigenvalue weighted by Crippen LogP contribution is 2.31. The van der Waals surface area contributed by atoms with Crippen LogP contribution in [-0.4, -0.2) is 54.6 Å². The van der Waals surface area contributed by atoms with Crippen LogP contribution in [-0.2, 0) is 9.53 Å². The Labute approximate surface area is 162 Å². The Morgan fingerprint density at radius 1 is 1.41 bits per heavy atom. The topological polar surface area (TPSA) is 87.3 Å². The van der Waals surface area contributed by atoms with Gasteiger partial charge in [0.2, 0.25) is 5.91 Å². The number of nitrogens with one attached hydrogen (secondary N) is 2. The van der Waals surface area contributed by atoms with Gasteiger partial charge in [-0.2, -0.15) is 0 Å². The third kappa shape index (κ3) is 5.60. The molecule has 2 amide bonds. The van der Waals surface area contributed by atoms with Gasteiger partial charge in [0.15, 0.2) is 0 Å². The second kappa shape index (κ2) is 8.61. The van der Waals surface area contributed by atoms with Crippen molar-refractivity contribution in [1.29, 1.82) is 0 Å². The van der Waals surface area contributed by atoms with Gasteiger partial charge in [-0.15, -0.1) is 5.54 Å². The number of aromatic amines is 1. The molecule has 2 heterocycles. The van der Waals surface area contributed by atoms with Crippen molar-refractivity contribution in [3.05, 3.63) is 17.7 Å². The molecule has 0 spiro atoms. The van der Waals surface area contributed by atoms with Crippen LogP contribution in [0.2, 0.25) is 19.6 Å². The van der Waals surface area contributed by atoms with E-state index in [0.717, 1.165) is 24.4 Å². The molecule has 1 fully saturated rings. The van der Waals surface area contributed by atoms with E-state index in [1.165, 1.54) is 7.11 Å². The first kappa shape index (κ1) is 21.0. The number of ether oxygens (including phenoxy) is 1. The molecule has 1 aromatic rings. The summed E-state index contributed by atoms with van der Waals surface area (Å²) in [5, 5.41) is 2.66. The third-order valence-electron chi connectivity index (χ3n) is 4.41. The molecule has 2 rings (SSSR count). The normalized spacial score (nSPS) is 18.0. The molecule has 1 aliphatic heterocycles. The van der Waals surface area contributed by atoms with Crippen LogP contribution in [0.3, 0.4) is 0 Å². The standard InChI is InChI=1S/C19H30N4O3Si/c1-13(2)16(22-19(25)26-3)18(24)23-10-7-8-15(23)17-20-12-14(21-17)9-11-27(4,5)6/h12-13,15-16H,7-8,10H2,1-6H3,(H,20,21)(H,22,25). The van der Waals surface area contributed by atoms with E-state index in [4.69, 9.17) is 0 Å². The summed E-state index contributed by atoms with van der Waals surface area (Å²) in [7, 11) is -0.173. The van der Waals surface area contributed by atoms with E-state index in [9.17, 15) is 9.59 Å². The predicted octanol–water partition coefficient (Wildman–Crippen LogP) is 2.68. The number of likely N-dealkylation sites (tertiary alicyclic amines) is 1. The molecule has 1 aliphatic rings. The van der Waals surface area contributed by atoms with Crippen molar-refractivity contribution in [3.63, 3.8) is 0 Å². The number of hydrogen-bond donors (Lipinski definition) is 2. The molecule has 0 aliphatic carbocycles. The summed E-state index contributed by atoms with van der Waals surface area (Å²) < 4.78 is 4.66. The van der Waals surface area contributed by atoms with Crippen LogP contribution in [0.1, 0.15) is 44.2 Å². The van der Waals surface area contributed by atoms with Gasteiger partial charge in [-0.3, -0.25) is 4.79 Å². The van der Waals surface area contributed by atoms with Crippen molar-refractivity contribution >= 4 is 20.1 Å². The molecular weight excluding hydrogens is 360 g/mol. The highest BCUT2D eigenvalue weighted by molar-refractivity contribution is 6.83. The largest absolute Gasteiger partial charge is 0.453 e. The summed E-state index contributed by atoms with van der Waals surface area (Å²) in [5.74, 6) is 3.76. The van der Waals surface area contributed by atoms with Gasteiger partial charge >= 0.3 is 6.09 Å². The maximum Gasteiger partial charge on any atom is 0.407 e. The fourth-order valence-electron chi connectivity index (χ4n) is 3.02. The molecule has 0 radical (unpaired) electrons. The highest BCUT2D eigenvalue weighted by atomic mass is 28.3. The number of amides is 2. The first-order valence-corrected chi connectivity index (χ1v) is 12.9. The first-order chi connectivity index (χ1) is 12.6. The van der Waals surface area contributed by atoms with Crippen molar-refractivity contribution < 1.29 is 14.3 Å². The number of aromatic nitrogens is 2. The lowest BCUT2D eigenvalue weighted by Gasteiger charge is -2.29. The van der Waals surface area contributed by atoms with E-state index in [-0.39, 0.29) is 17.9 Å². The number of H-pyrrole nitrogens is 1. The van der Waals surface area contributed by atoms with E-state index in [1.54, 1.807) is 11.1 Å². The average molecular weight is 391 g/mol. The minimum atomic E-state index is -1.47. The number of carbonyl (C=O) groups is 2. The van der Waals surface area contributed by atoms with Crippen LogP contribution in [0.4, 0.5) is 4.79 Å². The molecule has 0 aromatic carbocycles. The summed E-state index contributed by atoms with van der Waals surface area (Å²) in [5.41, 5.74) is 4.09. The fraction of sp³-hybridized carbons (Fsp3) is 0.632. The summed E-state index contributed by atoms with van der Waals surface area (Å²) in [6, 6.07) is -0.750. The van der Waals surface area contributed by atoms with Crippen molar-refractivity contribution in [2.75, 3.05) is 13.7 Å². The van der Waals surface area contributed by atoms with E-state index in [2.05, 4.69) is 51.1 Å². The Kier molecular flexibility index (Phi) is 6.71. The lowest BCUT2D eigenvalue weighted by atomic mass is 10.0. The third-order valence-corrected chi connectivity index (χ3v) is 5.29. The predicted molar refractivity (Wildman–Crippen MR) is 107 cm³/mol. The monoisotopic (exact) mass is 390 g/mol.